The number of carbonyl (C=O) groups excluding carboxylic acids is 2. The molecular formula is C36H49N5O4. The molecule has 2 aliphatic carbocycles. The zero-order chi connectivity index (χ0) is 31.8. The standard InChI is InChI=1S/C36H49N5O4/c1-5-6-20-40-24-30(22-38-40)29-8-7-9-31(21-29)41(35(42)28-14-16-32(17-15-28)45-36(43)37-3)23-26-10-12-27(13-11-26)33-18-19-34(44-4)25(2)39-33/h7-9,18-19,21-22,24,26-28,32H,5-6,10-17,20,23H2,1-4H3,(H,37,43). The zero-order valence-corrected chi connectivity index (χ0v) is 27.3. The average Bonchev–Trinajstić information content (AvgIpc) is 3.55. The highest BCUT2D eigenvalue weighted by atomic mass is 16.6. The number of aromatic nitrogens is 3. The van der Waals surface area contributed by atoms with Gasteiger partial charge in [-0.2, -0.15) is 5.10 Å². The van der Waals surface area contributed by atoms with Gasteiger partial charge in [0, 0.05) is 55.1 Å². The van der Waals surface area contributed by atoms with Gasteiger partial charge < -0.3 is 19.7 Å². The molecule has 5 rings (SSSR count). The second-order valence-electron chi connectivity index (χ2n) is 12.7. The van der Waals surface area contributed by atoms with Crippen LogP contribution in [0.1, 0.15) is 88.4 Å². The number of benzene rings is 1. The number of ether oxygens (including phenoxy) is 2. The lowest BCUT2D eigenvalue weighted by Crippen LogP contribution is -2.42. The van der Waals surface area contributed by atoms with Crippen LogP contribution in [-0.4, -0.2) is 53.6 Å². The molecule has 9 heteroatoms. The summed E-state index contributed by atoms with van der Waals surface area (Å²) in [5.74, 6) is 1.76. The Morgan fingerprint density at radius 2 is 1.80 bits per heavy atom. The Kier molecular flexibility index (Phi) is 11.1. The molecular weight excluding hydrogens is 566 g/mol. The Labute approximate surface area is 267 Å². The van der Waals surface area contributed by atoms with E-state index in [9.17, 15) is 9.59 Å². The molecule has 1 N–H and O–H groups in total. The lowest BCUT2D eigenvalue weighted by Gasteiger charge is -2.36. The van der Waals surface area contributed by atoms with Crippen LogP contribution in [0.2, 0.25) is 0 Å². The van der Waals surface area contributed by atoms with E-state index in [2.05, 4.69) is 58.8 Å². The normalized spacial score (nSPS) is 21.6. The monoisotopic (exact) mass is 615 g/mol. The molecule has 0 radical (unpaired) electrons. The minimum Gasteiger partial charge on any atom is -0.495 e. The summed E-state index contributed by atoms with van der Waals surface area (Å²) in [6.07, 6.45) is 12.8. The largest absolute Gasteiger partial charge is 0.495 e. The summed E-state index contributed by atoms with van der Waals surface area (Å²) < 4.78 is 12.9. The third-order valence-electron chi connectivity index (χ3n) is 9.62. The maximum Gasteiger partial charge on any atom is 0.407 e. The van der Waals surface area contributed by atoms with Gasteiger partial charge in [-0.25, -0.2) is 4.79 Å². The fourth-order valence-corrected chi connectivity index (χ4v) is 6.90. The summed E-state index contributed by atoms with van der Waals surface area (Å²) in [6.45, 7) is 5.79. The fourth-order valence-electron chi connectivity index (χ4n) is 6.90. The molecule has 2 aliphatic rings. The molecule has 2 heterocycles. The van der Waals surface area contributed by atoms with Crippen LogP contribution in [0.3, 0.4) is 0 Å². The number of amides is 2. The first-order valence-corrected chi connectivity index (χ1v) is 16.7. The van der Waals surface area contributed by atoms with E-state index in [1.807, 2.05) is 23.9 Å². The number of methoxy groups -OCH3 is 1. The molecule has 2 aromatic heterocycles. The van der Waals surface area contributed by atoms with Crippen molar-refractivity contribution >= 4 is 17.7 Å². The summed E-state index contributed by atoms with van der Waals surface area (Å²) in [4.78, 5) is 32.9. The minimum absolute atomic E-state index is 0.0854. The van der Waals surface area contributed by atoms with Gasteiger partial charge in [-0.05, 0) is 100 Å². The van der Waals surface area contributed by atoms with E-state index in [1.54, 1.807) is 14.2 Å². The Hall–Kier alpha value is -3.88. The lowest BCUT2D eigenvalue weighted by atomic mass is 9.79. The highest BCUT2D eigenvalue weighted by molar-refractivity contribution is 5.95. The van der Waals surface area contributed by atoms with Crippen molar-refractivity contribution in [3.63, 3.8) is 0 Å². The van der Waals surface area contributed by atoms with Gasteiger partial charge in [0.2, 0.25) is 5.91 Å². The van der Waals surface area contributed by atoms with E-state index >= 15 is 0 Å². The minimum atomic E-state index is -0.406. The van der Waals surface area contributed by atoms with Crippen molar-refractivity contribution < 1.29 is 19.1 Å². The quantitative estimate of drug-likeness (QED) is 0.243. The number of hydrogen-bond donors (Lipinski definition) is 1. The van der Waals surface area contributed by atoms with Crippen LogP contribution >= 0.6 is 0 Å². The Bertz CT molecular complexity index is 1420. The van der Waals surface area contributed by atoms with E-state index < -0.39 is 6.09 Å². The summed E-state index contributed by atoms with van der Waals surface area (Å²) in [7, 11) is 3.25. The van der Waals surface area contributed by atoms with Gasteiger partial charge in [-0.3, -0.25) is 14.5 Å². The topological polar surface area (TPSA) is 98.6 Å². The average molecular weight is 616 g/mol. The van der Waals surface area contributed by atoms with Crippen molar-refractivity contribution in [1.29, 1.82) is 0 Å². The summed E-state index contributed by atoms with van der Waals surface area (Å²) in [6, 6.07) is 12.5. The van der Waals surface area contributed by atoms with E-state index in [4.69, 9.17) is 14.5 Å². The molecule has 2 amide bonds. The van der Waals surface area contributed by atoms with Crippen LogP contribution in [0.4, 0.5) is 10.5 Å². The molecule has 1 aromatic carbocycles. The maximum atomic E-state index is 14.3. The van der Waals surface area contributed by atoms with Gasteiger partial charge >= 0.3 is 6.09 Å². The van der Waals surface area contributed by atoms with Crippen LogP contribution in [0.15, 0.2) is 48.8 Å². The Balaban J connectivity index is 1.31. The maximum absolute atomic E-state index is 14.3. The number of pyridine rings is 1. The summed E-state index contributed by atoms with van der Waals surface area (Å²) in [5, 5.41) is 7.10. The fraction of sp³-hybridized carbons (Fsp3) is 0.556. The Morgan fingerprint density at radius 1 is 1.02 bits per heavy atom. The number of nitrogens with one attached hydrogen (secondary N) is 1. The van der Waals surface area contributed by atoms with Gasteiger partial charge in [0.15, 0.2) is 0 Å². The number of nitrogens with zero attached hydrogens (tertiary/aromatic N) is 4. The number of alkyl carbamates (subject to hydrolysis) is 1. The van der Waals surface area contributed by atoms with Crippen molar-refractivity contribution in [1.82, 2.24) is 20.1 Å². The van der Waals surface area contributed by atoms with Gasteiger partial charge in [-0.1, -0.05) is 25.5 Å². The summed E-state index contributed by atoms with van der Waals surface area (Å²) in [5.41, 5.74) is 5.15. The van der Waals surface area contributed by atoms with Crippen molar-refractivity contribution in [2.75, 3.05) is 25.6 Å². The van der Waals surface area contributed by atoms with Crippen LogP contribution in [0, 0.1) is 18.8 Å². The van der Waals surface area contributed by atoms with Crippen molar-refractivity contribution in [2.24, 2.45) is 11.8 Å². The van der Waals surface area contributed by atoms with E-state index in [1.165, 1.54) is 0 Å². The van der Waals surface area contributed by atoms with Crippen LogP contribution in [-0.2, 0) is 16.1 Å². The first-order valence-electron chi connectivity index (χ1n) is 16.7. The first-order chi connectivity index (χ1) is 21.9. The second kappa shape index (κ2) is 15.4. The van der Waals surface area contributed by atoms with Gasteiger partial charge in [0.05, 0.1) is 19.0 Å². The van der Waals surface area contributed by atoms with Gasteiger partial charge in [0.25, 0.3) is 0 Å². The number of anilines is 1. The highest BCUT2D eigenvalue weighted by Gasteiger charge is 2.34. The number of hydrogen-bond acceptors (Lipinski definition) is 6. The molecule has 3 aromatic rings. The molecule has 0 saturated heterocycles. The third-order valence-corrected chi connectivity index (χ3v) is 9.62. The predicted molar refractivity (Wildman–Crippen MR) is 176 cm³/mol. The van der Waals surface area contributed by atoms with Gasteiger partial charge in [0.1, 0.15) is 11.9 Å². The number of carbonyl (C=O) groups is 2. The lowest BCUT2D eigenvalue weighted by molar-refractivity contribution is -0.124. The molecule has 0 aliphatic heterocycles. The van der Waals surface area contributed by atoms with E-state index in [0.29, 0.717) is 31.2 Å². The van der Waals surface area contributed by atoms with Crippen molar-refractivity contribution in [3.8, 4) is 16.9 Å². The van der Waals surface area contributed by atoms with Gasteiger partial charge in [-0.15, -0.1) is 0 Å². The molecule has 2 saturated carbocycles. The first kappa shape index (κ1) is 32.5. The SMILES string of the molecule is CCCCn1cc(-c2cccc(N(CC3CCC(c4ccc(OC)c(C)n4)CC3)C(=O)C3CCC(OC(=O)NC)CC3)c2)cn1. The van der Waals surface area contributed by atoms with E-state index in [0.717, 1.165) is 91.9 Å². The number of aryl methyl sites for hydroxylation is 2. The van der Waals surface area contributed by atoms with Crippen LogP contribution < -0.4 is 15.0 Å². The molecule has 0 atom stereocenters. The Morgan fingerprint density at radius 3 is 2.49 bits per heavy atom. The molecule has 45 heavy (non-hydrogen) atoms. The molecule has 0 unspecified atom stereocenters. The smallest absolute Gasteiger partial charge is 0.407 e. The van der Waals surface area contributed by atoms with Crippen LogP contribution in [0.5, 0.6) is 5.75 Å². The third kappa shape index (κ3) is 8.24. The number of rotatable bonds is 11. The molecule has 9 nitrogen and oxygen atoms in total. The summed E-state index contributed by atoms with van der Waals surface area (Å²) >= 11 is 0. The molecule has 0 bridgehead atoms. The van der Waals surface area contributed by atoms with Crippen LogP contribution in [0.25, 0.3) is 11.1 Å². The number of unbranched alkanes of at least 4 members (excludes halogenated alkanes) is 1. The van der Waals surface area contributed by atoms with E-state index in [-0.39, 0.29) is 17.9 Å². The zero-order valence-electron chi connectivity index (χ0n) is 27.3. The van der Waals surface area contributed by atoms with Crippen molar-refractivity contribution in [3.05, 3.63) is 60.2 Å². The predicted octanol–water partition coefficient (Wildman–Crippen LogP) is 7.28. The second-order valence-corrected chi connectivity index (χ2v) is 12.7. The molecule has 242 valence electrons. The molecule has 0 spiro atoms. The molecule has 2 fully saturated rings. The van der Waals surface area contributed by atoms with Crippen molar-refractivity contribution in [2.45, 2.75) is 96.6 Å². The highest BCUT2D eigenvalue weighted by Crippen LogP contribution is 2.38.